The molecule has 0 radical (unpaired) electrons. The number of rotatable bonds is 8. The third-order valence-electron chi connectivity index (χ3n) is 3.51. The summed E-state index contributed by atoms with van der Waals surface area (Å²) in [6.07, 6.45) is 0. The topological polar surface area (TPSA) is 65.0 Å². The molecule has 114 valence electrons. The Morgan fingerprint density at radius 1 is 1.11 bits per heavy atom. The zero-order chi connectivity index (χ0) is 15.3. The molecule has 0 aromatic carbocycles. The summed E-state index contributed by atoms with van der Waals surface area (Å²) in [5, 5.41) is 9.38. The van der Waals surface area contributed by atoms with Crippen molar-refractivity contribution in [3.05, 3.63) is 0 Å². The molecule has 0 atom stereocenters. The molecule has 6 heteroatoms. The highest BCUT2D eigenvalue weighted by Gasteiger charge is 2.45. The third-order valence-corrected chi connectivity index (χ3v) is 7.99. The Bertz CT molecular complexity index is 290. The van der Waals surface area contributed by atoms with Gasteiger partial charge in [0.05, 0.1) is 6.61 Å². The lowest BCUT2D eigenvalue weighted by Crippen LogP contribution is -2.53. The average Bonchev–Trinajstić information content (AvgIpc) is 2.24. The Labute approximate surface area is 117 Å². The van der Waals surface area contributed by atoms with Crippen LogP contribution >= 0.6 is 0 Å². The van der Waals surface area contributed by atoms with Crippen LogP contribution in [-0.2, 0) is 18.7 Å². The van der Waals surface area contributed by atoms with Crippen LogP contribution in [0.2, 0.25) is 18.1 Å². The minimum atomic E-state index is -2.04. The van der Waals surface area contributed by atoms with Gasteiger partial charge in [0.25, 0.3) is 5.79 Å². The van der Waals surface area contributed by atoms with Crippen LogP contribution in [-0.4, -0.2) is 45.0 Å². The molecule has 0 aromatic rings. The highest BCUT2D eigenvalue weighted by Crippen LogP contribution is 2.37. The molecule has 0 aliphatic rings. The van der Waals surface area contributed by atoms with E-state index in [0.717, 1.165) is 0 Å². The van der Waals surface area contributed by atoms with Gasteiger partial charge in [0.1, 0.15) is 0 Å². The van der Waals surface area contributed by atoms with Crippen molar-refractivity contribution in [2.24, 2.45) is 0 Å². The fourth-order valence-corrected chi connectivity index (χ4v) is 2.25. The van der Waals surface area contributed by atoms with Gasteiger partial charge < -0.3 is 19.0 Å². The molecule has 0 aliphatic carbocycles. The molecule has 0 aromatic heterocycles. The minimum absolute atomic E-state index is 0.00960. The van der Waals surface area contributed by atoms with E-state index in [1.165, 1.54) is 0 Å². The molecule has 1 N–H and O–H groups in total. The van der Waals surface area contributed by atoms with Crippen molar-refractivity contribution in [1.82, 2.24) is 0 Å². The van der Waals surface area contributed by atoms with E-state index in [0.29, 0.717) is 0 Å². The highest BCUT2D eigenvalue weighted by atomic mass is 28.4. The van der Waals surface area contributed by atoms with E-state index in [2.05, 4.69) is 33.9 Å². The summed E-state index contributed by atoms with van der Waals surface area (Å²) >= 11 is 0. The Morgan fingerprint density at radius 2 is 1.53 bits per heavy atom. The second-order valence-electron chi connectivity index (χ2n) is 5.97. The molecule has 5 nitrogen and oxygen atoms in total. The molecule has 19 heavy (non-hydrogen) atoms. The number of aliphatic carboxylic acids is 1. The van der Waals surface area contributed by atoms with Gasteiger partial charge in [-0.3, -0.25) is 0 Å². The monoisotopic (exact) mass is 292 g/mol. The van der Waals surface area contributed by atoms with Gasteiger partial charge in [-0.05, 0) is 32.0 Å². The summed E-state index contributed by atoms with van der Waals surface area (Å²) in [5.41, 5.74) is 0. The molecule has 0 spiro atoms. The number of carboxylic acids is 1. The van der Waals surface area contributed by atoms with Crippen LogP contribution in [0.4, 0.5) is 0 Å². The van der Waals surface area contributed by atoms with Gasteiger partial charge in [-0.25, -0.2) is 4.79 Å². The third kappa shape index (κ3) is 4.87. The lowest BCUT2D eigenvalue weighted by Gasteiger charge is -2.39. The first-order valence-electron chi connectivity index (χ1n) is 6.67. The van der Waals surface area contributed by atoms with E-state index in [4.69, 9.17) is 13.9 Å². The van der Waals surface area contributed by atoms with E-state index >= 15 is 0 Å². The van der Waals surface area contributed by atoms with Crippen LogP contribution in [0.5, 0.6) is 0 Å². The van der Waals surface area contributed by atoms with E-state index < -0.39 is 20.1 Å². The number of carbonyl (C=O) groups is 1. The summed E-state index contributed by atoms with van der Waals surface area (Å²) in [5.74, 6) is -2.84. The minimum Gasteiger partial charge on any atom is -0.477 e. The predicted octanol–water partition coefficient (Wildman–Crippen LogP) is 2.86. The maximum Gasteiger partial charge on any atom is 0.366 e. The first kappa shape index (κ1) is 18.6. The van der Waals surface area contributed by atoms with Crippen molar-refractivity contribution in [3.63, 3.8) is 0 Å². The first-order chi connectivity index (χ1) is 8.52. The normalized spacial score (nSPS) is 13.6. The van der Waals surface area contributed by atoms with E-state index in [9.17, 15) is 9.90 Å². The molecule has 0 heterocycles. The average molecular weight is 292 g/mol. The van der Waals surface area contributed by atoms with Crippen molar-refractivity contribution in [2.75, 3.05) is 19.8 Å². The van der Waals surface area contributed by atoms with Crippen molar-refractivity contribution in [2.45, 2.75) is 58.5 Å². The zero-order valence-electron chi connectivity index (χ0n) is 13.2. The van der Waals surface area contributed by atoms with Crippen LogP contribution in [0.15, 0.2) is 0 Å². The Kier molecular flexibility index (Phi) is 6.68. The van der Waals surface area contributed by atoms with Crippen molar-refractivity contribution < 1.29 is 23.8 Å². The molecule has 0 rings (SSSR count). The SMILES string of the molecule is CCOC(CO[Si](C)(C)C(C)(C)C)(OCC)C(=O)O. The van der Waals surface area contributed by atoms with Crippen LogP contribution in [0.25, 0.3) is 0 Å². The quantitative estimate of drug-likeness (QED) is 0.550. The Morgan fingerprint density at radius 3 is 1.79 bits per heavy atom. The smallest absolute Gasteiger partial charge is 0.366 e. The van der Waals surface area contributed by atoms with E-state index in [1.54, 1.807) is 13.8 Å². The van der Waals surface area contributed by atoms with Crippen molar-refractivity contribution >= 4 is 14.3 Å². The zero-order valence-corrected chi connectivity index (χ0v) is 14.2. The second kappa shape index (κ2) is 6.83. The molecule has 0 saturated heterocycles. The summed E-state index contributed by atoms with van der Waals surface area (Å²) < 4.78 is 16.6. The van der Waals surface area contributed by atoms with Gasteiger partial charge >= 0.3 is 5.97 Å². The van der Waals surface area contributed by atoms with Crippen LogP contribution in [0.3, 0.4) is 0 Å². The second-order valence-corrected chi connectivity index (χ2v) is 10.8. The van der Waals surface area contributed by atoms with Crippen LogP contribution < -0.4 is 0 Å². The van der Waals surface area contributed by atoms with Crippen molar-refractivity contribution in [3.8, 4) is 0 Å². The molecule has 0 fully saturated rings. The molecule has 0 aliphatic heterocycles. The van der Waals surface area contributed by atoms with Gasteiger partial charge in [0.15, 0.2) is 8.32 Å². The number of carboxylic acid groups (broad SMARTS) is 1. The number of hydrogen-bond donors (Lipinski definition) is 1. The van der Waals surface area contributed by atoms with Gasteiger partial charge in [0.2, 0.25) is 0 Å². The lowest BCUT2D eigenvalue weighted by molar-refractivity contribution is -0.252. The summed E-state index contributed by atoms with van der Waals surface area (Å²) in [4.78, 5) is 11.5. The standard InChI is InChI=1S/C13H28O5Si/c1-8-16-13(11(14)15,17-9-2)10-18-19(6,7)12(3,4)5/h8-10H2,1-7H3,(H,14,15). The van der Waals surface area contributed by atoms with Gasteiger partial charge in [-0.15, -0.1) is 0 Å². The Hall–Kier alpha value is -0.433. The molecule has 0 amide bonds. The first-order valence-corrected chi connectivity index (χ1v) is 9.58. The van der Waals surface area contributed by atoms with E-state index in [1.807, 2.05) is 0 Å². The molecular weight excluding hydrogens is 264 g/mol. The molecular formula is C13H28O5Si. The van der Waals surface area contributed by atoms with E-state index in [-0.39, 0.29) is 24.9 Å². The fourth-order valence-electron chi connectivity index (χ4n) is 1.27. The molecule has 0 saturated carbocycles. The maximum absolute atomic E-state index is 11.5. The largest absolute Gasteiger partial charge is 0.477 e. The Balaban J connectivity index is 4.98. The molecule has 0 bridgehead atoms. The van der Waals surface area contributed by atoms with Crippen molar-refractivity contribution in [1.29, 1.82) is 0 Å². The van der Waals surface area contributed by atoms with Crippen LogP contribution in [0.1, 0.15) is 34.6 Å². The summed E-state index contributed by atoms with van der Waals surface area (Å²) in [7, 11) is -2.04. The lowest BCUT2D eigenvalue weighted by atomic mass is 10.2. The van der Waals surface area contributed by atoms with Gasteiger partial charge in [0, 0.05) is 13.2 Å². The predicted molar refractivity (Wildman–Crippen MR) is 76.8 cm³/mol. The number of ether oxygens (including phenoxy) is 2. The summed E-state index contributed by atoms with van der Waals surface area (Å²) in [6.45, 7) is 14.3. The van der Waals surface area contributed by atoms with Gasteiger partial charge in [-0.2, -0.15) is 0 Å². The summed E-state index contributed by atoms with van der Waals surface area (Å²) in [6, 6.07) is 0. The van der Waals surface area contributed by atoms with Gasteiger partial charge in [-0.1, -0.05) is 20.8 Å². The highest BCUT2D eigenvalue weighted by molar-refractivity contribution is 6.74. The molecule has 0 unspecified atom stereocenters. The fraction of sp³-hybridized carbons (Fsp3) is 0.923. The van der Waals surface area contributed by atoms with Crippen LogP contribution in [0, 0.1) is 0 Å². The number of hydrogen-bond acceptors (Lipinski definition) is 4. The maximum atomic E-state index is 11.5.